The average Bonchev–Trinajstić information content (AvgIpc) is 3.13. The van der Waals surface area contributed by atoms with E-state index < -0.39 is 0 Å². The fourth-order valence-electron chi connectivity index (χ4n) is 2.61. The molecule has 6 nitrogen and oxygen atoms in total. The van der Waals surface area contributed by atoms with E-state index >= 15 is 0 Å². The highest BCUT2D eigenvalue weighted by Gasteiger charge is 2.12. The van der Waals surface area contributed by atoms with Crippen LogP contribution in [0.4, 0.5) is 0 Å². The third-order valence-corrected chi connectivity index (χ3v) is 5.17. The van der Waals surface area contributed by atoms with Crippen LogP contribution in [0.25, 0.3) is 11.4 Å². The fourth-order valence-corrected chi connectivity index (χ4v) is 3.40. The Morgan fingerprint density at radius 2 is 2.00 bits per heavy atom. The van der Waals surface area contributed by atoms with Crippen molar-refractivity contribution in [1.82, 2.24) is 24.2 Å². The molecule has 132 valence electrons. The van der Waals surface area contributed by atoms with Crippen molar-refractivity contribution < 1.29 is 4.74 Å². The molecule has 0 bridgehead atoms. The molecule has 0 saturated heterocycles. The molecule has 0 unspecified atom stereocenters. The van der Waals surface area contributed by atoms with Gasteiger partial charge in [-0.3, -0.25) is 4.90 Å². The third-order valence-electron chi connectivity index (χ3n) is 3.86. The van der Waals surface area contributed by atoms with Gasteiger partial charge in [-0.2, -0.15) is 5.10 Å². The molecular weight excluding hydrogens is 354 g/mol. The normalized spacial score (nSPS) is 11.2. The number of hydrogen-bond acceptors (Lipinski definition) is 6. The molecule has 0 aliphatic rings. The molecule has 0 radical (unpaired) electrons. The van der Waals surface area contributed by atoms with Crippen molar-refractivity contribution in [2.24, 2.45) is 7.05 Å². The lowest BCUT2D eigenvalue weighted by Gasteiger charge is -2.14. The number of hydrogen-bond donors (Lipinski definition) is 0. The predicted molar refractivity (Wildman–Crippen MR) is 102 cm³/mol. The van der Waals surface area contributed by atoms with Crippen molar-refractivity contribution in [2.75, 3.05) is 14.2 Å². The predicted octanol–water partition coefficient (Wildman–Crippen LogP) is 3.48. The molecule has 2 aromatic heterocycles. The van der Waals surface area contributed by atoms with Gasteiger partial charge in [-0.15, -0.1) is 11.3 Å². The van der Waals surface area contributed by atoms with Crippen LogP contribution in [0.15, 0.2) is 29.6 Å². The Morgan fingerprint density at radius 1 is 1.28 bits per heavy atom. The molecular formula is C17H21N5OS2. The minimum Gasteiger partial charge on any atom is -0.497 e. The highest BCUT2D eigenvalue weighted by atomic mass is 32.1. The van der Waals surface area contributed by atoms with Crippen LogP contribution in [0.2, 0.25) is 0 Å². The first-order valence-corrected chi connectivity index (χ1v) is 9.14. The molecule has 0 amide bonds. The molecule has 0 atom stereocenters. The summed E-state index contributed by atoms with van der Waals surface area (Å²) in [7, 11) is 5.64. The number of rotatable bonds is 6. The second kappa shape index (κ2) is 7.47. The first-order valence-electron chi connectivity index (χ1n) is 7.85. The van der Waals surface area contributed by atoms with Crippen molar-refractivity contribution >= 4 is 23.6 Å². The van der Waals surface area contributed by atoms with E-state index in [2.05, 4.69) is 15.3 Å². The van der Waals surface area contributed by atoms with Gasteiger partial charge in [0.1, 0.15) is 5.75 Å². The summed E-state index contributed by atoms with van der Waals surface area (Å²) < 4.78 is 9.67. The van der Waals surface area contributed by atoms with E-state index in [1.165, 1.54) is 0 Å². The Hall–Kier alpha value is -2.03. The summed E-state index contributed by atoms with van der Waals surface area (Å²) in [6.07, 6.45) is 0. The van der Waals surface area contributed by atoms with Gasteiger partial charge in [0.05, 0.1) is 24.5 Å². The molecule has 2 heterocycles. The van der Waals surface area contributed by atoms with Gasteiger partial charge in [0.2, 0.25) is 0 Å². The zero-order valence-electron chi connectivity index (χ0n) is 14.8. The number of aryl methyl sites for hydroxylation is 1. The van der Waals surface area contributed by atoms with Gasteiger partial charge in [-0.1, -0.05) is 0 Å². The molecule has 0 aliphatic carbocycles. The maximum absolute atomic E-state index is 5.55. The minimum atomic E-state index is 0.611. The number of methoxy groups -OCH3 is 1. The Balaban J connectivity index is 1.79. The zero-order chi connectivity index (χ0) is 18.0. The Kier molecular flexibility index (Phi) is 5.31. The number of ether oxygens (including phenoxy) is 1. The average molecular weight is 376 g/mol. The van der Waals surface area contributed by atoms with Gasteiger partial charge in [0.15, 0.2) is 10.6 Å². The summed E-state index contributed by atoms with van der Waals surface area (Å²) in [5.74, 6) is 1.66. The molecule has 0 N–H and O–H groups in total. The topological polar surface area (TPSA) is 48.1 Å². The summed E-state index contributed by atoms with van der Waals surface area (Å²) in [5.41, 5.74) is 2.08. The highest BCUT2D eigenvalue weighted by Crippen LogP contribution is 2.21. The van der Waals surface area contributed by atoms with E-state index in [9.17, 15) is 0 Å². The van der Waals surface area contributed by atoms with Crippen molar-refractivity contribution in [1.29, 1.82) is 0 Å². The van der Waals surface area contributed by atoms with Gasteiger partial charge in [-0.25, -0.2) is 9.67 Å². The summed E-state index contributed by atoms with van der Waals surface area (Å²) in [5, 5.41) is 7.87. The second-order valence-electron chi connectivity index (χ2n) is 5.91. The lowest BCUT2D eigenvalue weighted by molar-refractivity contribution is 0.242. The number of aromatic nitrogens is 4. The lowest BCUT2D eigenvalue weighted by Crippen LogP contribution is -2.22. The molecule has 0 saturated carbocycles. The molecule has 25 heavy (non-hydrogen) atoms. The van der Waals surface area contributed by atoms with Gasteiger partial charge in [0, 0.05) is 24.5 Å². The summed E-state index contributed by atoms with van der Waals surface area (Å²) >= 11 is 7.22. The van der Waals surface area contributed by atoms with E-state index in [1.807, 2.05) is 54.5 Å². The van der Waals surface area contributed by atoms with E-state index in [0.717, 1.165) is 34.4 Å². The number of nitrogens with zero attached hydrogens (tertiary/aromatic N) is 5. The van der Waals surface area contributed by atoms with Crippen LogP contribution >= 0.6 is 23.6 Å². The standard InChI is InChI=1S/C17H21N5OS2/c1-12-18-14(10-25-12)9-20(2)11-22-17(24)21(3)16(19-22)13-5-7-15(23-4)8-6-13/h5-8,10H,9,11H2,1-4H3. The minimum absolute atomic E-state index is 0.611. The lowest BCUT2D eigenvalue weighted by atomic mass is 10.2. The van der Waals surface area contributed by atoms with Gasteiger partial charge in [-0.05, 0) is 50.5 Å². The van der Waals surface area contributed by atoms with Gasteiger partial charge >= 0.3 is 0 Å². The molecule has 8 heteroatoms. The summed E-state index contributed by atoms with van der Waals surface area (Å²) in [6.45, 7) is 3.39. The summed E-state index contributed by atoms with van der Waals surface area (Å²) in [4.78, 5) is 6.65. The molecule has 0 aliphatic heterocycles. The van der Waals surface area contributed by atoms with Crippen molar-refractivity contribution in [3.05, 3.63) is 45.1 Å². The van der Waals surface area contributed by atoms with Crippen LogP contribution in [-0.4, -0.2) is 38.4 Å². The smallest absolute Gasteiger partial charge is 0.199 e. The highest BCUT2D eigenvalue weighted by molar-refractivity contribution is 7.71. The first-order chi connectivity index (χ1) is 12.0. The maximum atomic E-state index is 5.55. The van der Waals surface area contributed by atoms with Crippen LogP contribution in [-0.2, 0) is 20.3 Å². The van der Waals surface area contributed by atoms with Crippen LogP contribution in [0, 0.1) is 11.7 Å². The van der Waals surface area contributed by atoms with E-state index in [4.69, 9.17) is 22.1 Å². The largest absolute Gasteiger partial charge is 0.497 e. The molecule has 0 spiro atoms. The summed E-state index contributed by atoms with van der Waals surface area (Å²) in [6, 6.07) is 7.83. The number of benzene rings is 1. The molecule has 3 rings (SSSR count). The number of thiazole rings is 1. The molecule has 0 fully saturated rings. The Labute approximate surface area is 156 Å². The van der Waals surface area contributed by atoms with E-state index in [1.54, 1.807) is 18.4 Å². The fraction of sp³-hybridized carbons (Fsp3) is 0.353. The SMILES string of the molecule is COc1ccc(-c2nn(CN(C)Cc3csc(C)n3)c(=S)n2C)cc1. The van der Waals surface area contributed by atoms with E-state index in [0.29, 0.717) is 11.4 Å². The molecule has 3 aromatic rings. The van der Waals surface area contributed by atoms with Crippen molar-refractivity contribution in [3.63, 3.8) is 0 Å². The van der Waals surface area contributed by atoms with E-state index in [-0.39, 0.29) is 0 Å². The monoisotopic (exact) mass is 375 g/mol. The van der Waals surface area contributed by atoms with Crippen LogP contribution < -0.4 is 4.74 Å². The van der Waals surface area contributed by atoms with Crippen LogP contribution in [0.3, 0.4) is 0 Å². The maximum Gasteiger partial charge on any atom is 0.199 e. The van der Waals surface area contributed by atoms with Crippen LogP contribution in [0.5, 0.6) is 5.75 Å². The second-order valence-corrected chi connectivity index (χ2v) is 7.33. The zero-order valence-corrected chi connectivity index (χ0v) is 16.4. The first kappa shape index (κ1) is 17.8. The Bertz CT molecular complexity index is 910. The van der Waals surface area contributed by atoms with Crippen molar-refractivity contribution in [3.8, 4) is 17.1 Å². The quantitative estimate of drug-likeness (QED) is 0.617. The van der Waals surface area contributed by atoms with Crippen molar-refractivity contribution in [2.45, 2.75) is 20.1 Å². The molecule has 1 aromatic carbocycles. The van der Waals surface area contributed by atoms with Crippen LogP contribution in [0.1, 0.15) is 10.7 Å². The van der Waals surface area contributed by atoms with Gasteiger partial charge < -0.3 is 9.30 Å². The Morgan fingerprint density at radius 3 is 2.60 bits per heavy atom. The third kappa shape index (κ3) is 3.97. The van der Waals surface area contributed by atoms with Gasteiger partial charge in [0.25, 0.3) is 0 Å².